The van der Waals surface area contributed by atoms with Crippen molar-refractivity contribution in [2.45, 2.75) is 6.92 Å². The molecule has 0 fully saturated rings. The molecule has 0 saturated carbocycles. The van der Waals surface area contributed by atoms with E-state index < -0.39 is 0 Å². The molecule has 112 valence electrons. The Morgan fingerprint density at radius 2 is 1.91 bits per heavy atom. The van der Waals surface area contributed by atoms with Gasteiger partial charge in [-0.05, 0) is 37.3 Å². The van der Waals surface area contributed by atoms with E-state index in [2.05, 4.69) is 26.0 Å². The molecule has 0 radical (unpaired) electrons. The third-order valence-electron chi connectivity index (χ3n) is 3.84. The number of hydrogen-bond donors (Lipinski definition) is 2. The molecule has 0 aliphatic heterocycles. The molecule has 0 aliphatic rings. The van der Waals surface area contributed by atoms with E-state index in [1.165, 1.54) is 0 Å². The summed E-state index contributed by atoms with van der Waals surface area (Å²) < 4.78 is 0. The third-order valence-corrected chi connectivity index (χ3v) is 3.84. The predicted octanol–water partition coefficient (Wildman–Crippen LogP) is 3.58. The smallest absolute Gasteiger partial charge is 0.145 e. The van der Waals surface area contributed by atoms with Crippen LogP contribution in [0.2, 0.25) is 0 Å². The van der Waals surface area contributed by atoms with E-state index in [0.717, 1.165) is 39.2 Å². The minimum absolute atomic E-state index is 0.445. The van der Waals surface area contributed by atoms with Gasteiger partial charge in [-0.15, -0.1) is 0 Å². The number of hydrogen-bond acceptors (Lipinski definition) is 4. The normalized spacial score (nSPS) is 11.0. The molecule has 1 aromatic carbocycles. The molecule has 0 saturated heterocycles. The highest BCUT2D eigenvalue weighted by Crippen LogP contribution is 2.31. The number of nitrogens with one attached hydrogen (secondary N) is 1. The number of nitrogens with two attached hydrogens (primary N) is 1. The molecular weight excluding hydrogens is 286 g/mol. The first-order valence-electron chi connectivity index (χ1n) is 7.35. The van der Waals surface area contributed by atoms with Gasteiger partial charge in [-0.1, -0.05) is 12.1 Å². The van der Waals surface area contributed by atoms with Crippen LogP contribution < -0.4 is 5.73 Å². The quantitative estimate of drug-likeness (QED) is 0.593. The van der Waals surface area contributed by atoms with Gasteiger partial charge in [-0.3, -0.25) is 4.98 Å². The first-order valence-corrected chi connectivity index (χ1v) is 7.35. The molecule has 4 rings (SSSR count). The molecular formula is C18H15N5. The zero-order chi connectivity index (χ0) is 15.8. The van der Waals surface area contributed by atoms with Crippen molar-refractivity contribution in [1.29, 1.82) is 0 Å². The lowest BCUT2D eigenvalue weighted by atomic mass is 10.0. The Morgan fingerprint density at radius 1 is 1.00 bits per heavy atom. The van der Waals surface area contributed by atoms with Gasteiger partial charge < -0.3 is 10.7 Å². The summed E-state index contributed by atoms with van der Waals surface area (Å²) in [6.45, 7) is 1.87. The van der Waals surface area contributed by atoms with Crippen molar-refractivity contribution in [3.63, 3.8) is 0 Å². The molecule has 0 bridgehead atoms. The summed E-state index contributed by atoms with van der Waals surface area (Å²) in [6, 6.07) is 14.0. The van der Waals surface area contributed by atoms with Gasteiger partial charge in [-0.2, -0.15) is 0 Å². The van der Waals surface area contributed by atoms with Gasteiger partial charge in [0.15, 0.2) is 0 Å². The summed E-state index contributed by atoms with van der Waals surface area (Å²) in [7, 11) is 0. The number of nitrogens with zero attached hydrogens (tertiary/aromatic N) is 3. The van der Waals surface area contributed by atoms with Gasteiger partial charge in [0.25, 0.3) is 0 Å². The molecule has 23 heavy (non-hydrogen) atoms. The Morgan fingerprint density at radius 3 is 2.74 bits per heavy atom. The summed E-state index contributed by atoms with van der Waals surface area (Å²) in [5.74, 6) is 0.445. The molecule has 0 atom stereocenters. The fourth-order valence-electron chi connectivity index (χ4n) is 2.62. The number of aryl methyl sites for hydroxylation is 1. The van der Waals surface area contributed by atoms with Crippen molar-refractivity contribution in [1.82, 2.24) is 19.9 Å². The van der Waals surface area contributed by atoms with Crippen LogP contribution in [-0.4, -0.2) is 19.9 Å². The molecule has 3 N–H and O–H groups in total. The average Bonchev–Trinajstić information content (AvgIpc) is 3.11. The van der Waals surface area contributed by atoms with Crippen molar-refractivity contribution in [3.05, 3.63) is 60.6 Å². The van der Waals surface area contributed by atoms with Crippen LogP contribution in [0, 0.1) is 6.92 Å². The molecule has 0 aliphatic carbocycles. The van der Waals surface area contributed by atoms with Crippen molar-refractivity contribution < 1.29 is 0 Å². The van der Waals surface area contributed by atoms with E-state index >= 15 is 0 Å². The second-order valence-corrected chi connectivity index (χ2v) is 5.39. The van der Waals surface area contributed by atoms with Crippen molar-refractivity contribution in [2.24, 2.45) is 0 Å². The number of H-pyrrole nitrogens is 1. The molecule has 0 spiro atoms. The number of nitrogen functional groups attached to an aromatic ring is 1. The van der Waals surface area contributed by atoms with E-state index in [1.54, 1.807) is 6.20 Å². The second-order valence-electron chi connectivity index (χ2n) is 5.39. The zero-order valence-corrected chi connectivity index (χ0v) is 12.6. The maximum Gasteiger partial charge on any atom is 0.145 e. The van der Waals surface area contributed by atoms with Crippen molar-refractivity contribution >= 4 is 16.7 Å². The first-order chi connectivity index (χ1) is 11.2. The number of anilines is 1. The standard InChI is InChI=1S/C18H15N5/c1-11-18(19)23-17(15-5-3-9-21-15)16(22-11)13-6-7-14-12(10-13)4-2-8-20-14/h2-10,21H,1H3,(H2,19,23). The van der Waals surface area contributed by atoms with Crippen LogP contribution in [-0.2, 0) is 0 Å². The van der Waals surface area contributed by atoms with Crippen molar-refractivity contribution in [2.75, 3.05) is 5.73 Å². The fourth-order valence-corrected chi connectivity index (χ4v) is 2.62. The number of aromatic amines is 1. The van der Waals surface area contributed by atoms with Crippen LogP contribution in [0.25, 0.3) is 33.5 Å². The lowest BCUT2D eigenvalue weighted by molar-refractivity contribution is 1.13. The van der Waals surface area contributed by atoms with Crippen LogP contribution in [0.3, 0.4) is 0 Å². The maximum atomic E-state index is 5.97. The van der Waals surface area contributed by atoms with Crippen LogP contribution in [0.1, 0.15) is 5.69 Å². The van der Waals surface area contributed by atoms with Crippen LogP contribution in [0.15, 0.2) is 54.9 Å². The van der Waals surface area contributed by atoms with Gasteiger partial charge in [0, 0.05) is 23.3 Å². The molecule has 5 nitrogen and oxygen atoms in total. The lowest BCUT2D eigenvalue weighted by Crippen LogP contribution is -2.02. The fraction of sp³-hybridized carbons (Fsp3) is 0.0556. The second kappa shape index (κ2) is 5.21. The highest BCUT2D eigenvalue weighted by molar-refractivity contribution is 5.87. The van der Waals surface area contributed by atoms with E-state index in [4.69, 9.17) is 5.73 Å². The third kappa shape index (κ3) is 2.32. The molecule has 4 aromatic rings. The van der Waals surface area contributed by atoms with Gasteiger partial charge >= 0.3 is 0 Å². The number of fused-ring (bicyclic) bond motifs is 1. The molecule has 5 heteroatoms. The maximum absolute atomic E-state index is 5.97. The summed E-state index contributed by atoms with van der Waals surface area (Å²) >= 11 is 0. The SMILES string of the molecule is Cc1nc(-c2ccc3ncccc3c2)c(-c2ccc[nH]2)nc1N. The Balaban J connectivity index is 1.97. The van der Waals surface area contributed by atoms with Crippen molar-refractivity contribution in [3.8, 4) is 22.6 Å². The Labute approximate surface area is 133 Å². The van der Waals surface area contributed by atoms with Gasteiger partial charge in [-0.25, -0.2) is 9.97 Å². The molecule has 3 aromatic heterocycles. The van der Waals surface area contributed by atoms with Crippen LogP contribution in [0.5, 0.6) is 0 Å². The van der Waals surface area contributed by atoms with Gasteiger partial charge in [0.1, 0.15) is 11.5 Å². The summed E-state index contributed by atoms with van der Waals surface area (Å²) in [6.07, 6.45) is 3.65. The number of benzene rings is 1. The number of aromatic nitrogens is 4. The van der Waals surface area contributed by atoms with Crippen LogP contribution in [0.4, 0.5) is 5.82 Å². The average molecular weight is 301 g/mol. The molecule has 3 heterocycles. The predicted molar refractivity (Wildman–Crippen MR) is 91.7 cm³/mol. The molecule has 0 unspecified atom stereocenters. The highest BCUT2D eigenvalue weighted by atomic mass is 14.9. The van der Waals surface area contributed by atoms with E-state index in [-0.39, 0.29) is 0 Å². The Bertz CT molecular complexity index is 990. The topological polar surface area (TPSA) is 80.5 Å². The summed E-state index contributed by atoms with van der Waals surface area (Å²) in [5.41, 5.74) is 11.1. The monoisotopic (exact) mass is 301 g/mol. The lowest BCUT2D eigenvalue weighted by Gasteiger charge is -2.10. The number of rotatable bonds is 2. The highest BCUT2D eigenvalue weighted by Gasteiger charge is 2.14. The van der Waals surface area contributed by atoms with E-state index in [9.17, 15) is 0 Å². The first kappa shape index (κ1) is 13.5. The Hall–Kier alpha value is -3.21. The minimum atomic E-state index is 0.445. The minimum Gasteiger partial charge on any atom is -0.382 e. The summed E-state index contributed by atoms with van der Waals surface area (Å²) in [5, 5.41) is 1.07. The van der Waals surface area contributed by atoms with Gasteiger partial charge in [0.05, 0.1) is 22.6 Å². The Kier molecular flexibility index (Phi) is 3.05. The molecule has 0 amide bonds. The van der Waals surface area contributed by atoms with Crippen LogP contribution >= 0.6 is 0 Å². The largest absolute Gasteiger partial charge is 0.382 e. The van der Waals surface area contributed by atoms with E-state index in [0.29, 0.717) is 5.82 Å². The zero-order valence-electron chi connectivity index (χ0n) is 12.6. The van der Waals surface area contributed by atoms with Gasteiger partial charge in [0.2, 0.25) is 0 Å². The van der Waals surface area contributed by atoms with E-state index in [1.807, 2.05) is 49.5 Å². The number of pyridine rings is 1. The summed E-state index contributed by atoms with van der Waals surface area (Å²) in [4.78, 5) is 16.8.